The van der Waals surface area contributed by atoms with Gasteiger partial charge >= 0.3 is 0 Å². The molecule has 3 rings (SSSR count). The van der Waals surface area contributed by atoms with Crippen LogP contribution >= 0.6 is 0 Å². The van der Waals surface area contributed by atoms with Gasteiger partial charge in [0.25, 0.3) is 0 Å². The summed E-state index contributed by atoms with van der Waals surface area (Å²) >= 11 is 0. The molecule has 2 N–H and O–H groups in total. The molecule has 7 heteroatoms. The first-order valence-corrected chi connectivity index (χ1v) is 8.18. The van der Waals surface area contributed by atoms with Crippen molar-refractivity contribution < 1.29 is 67.2 Å². The molecule has 0 bridgehead atoms. The number of benzene rings is 1. The van der Waals surface area contributed by atoms with Crippen LogP contribution < -0.4 is 52.5 Å². The monoisotopic (exact) mass is 561 g/mol. The highest BCUT2D eigenvalue weighted by molar-refractivity contribution is 5.71. The maximum atomic E-state index is 5.54. The van der Waals surface area contributed by atoms with E-state index in [1.807, 2.05) is 0 Å². The van der Waals surface area contributed by atoms with Gasteiger partial charge in [0.15, 0.2) is 11.0 Å². The Morgan fingerprint density at radius 1 is 1.12 bits per heavy atom. The van der Waals surface area contributed by atoms with E-state index >= 15 is 0 Å². The third-order valence-corrected chi connectivity index (χ3v) is 5.03. The molecule has 0 aliphatic carbocycles. The lowest BCUT2D eigenvalue weighted by Crippen LogP contribution is -3.00. The molecule has 0 unspecified atom stereocenters. The van der Waals surface area contributed by atoms with Gasteiger partial charge in [-0.05, 0) is 26.0 Å². The molecule has 24 heavy (non-hydrogen) atoms. The number of aromatic nitrogens is 2. The second-order valence-electron chi connectivity index (χ2n) is 6.02. The number of hydrogen-bond acceptors (Lipinski definition) is 1. The van der Waals surface area contributed by atoms with Gasteiger partial charge in [-0.1, -0.05) is 12.1 Å². The van der Waals surface area contributed by atoms with E-state index in [0.29, 0.717) is 0 Å². The van der Waals surface area contributed by atoms with Crippen molar-refractivity contribution in [3.8, 4) is 0 Å². The summed E-state index contributed by atoms with van der Waals surface area (Å²) in [6, 6.07) is 8.71. The molecular formula is C17H29I2N3O2. The molecule has 1 aromatic carbocycles. The van der Waals surface area contributed by atoms with E-state index in [1.54, 1.807) is 0 Å². The molecule has 1 aliphatic heterocycles. The van der Waals surface area contributed by atoms with Crippen molar-refractivity contribution in [3.63, 3.8) is 0 Å². The number of morpholine rings is 1. The fourth-order valence-electron chi connectivity index (χ4n) is 3.42. The summed E-state index contributed by atoms with van der Waals surface area (Å²) < 4.78 is 11.5. The summed E-state index contributed by atoms with van der Waals surface area (Å²) in [7, 11) is 0. The average Bonchev–Trinajstić information content (AvgIpc) is 2.92. The van der Waals surface area contributed by atoms with Crippen molar-refractivity contribution in [2.45, 2.75) is 26.9 Å². The quantitative estimate of drug-likeness (QED) is 0.205. The molecule has 138 valence electrons. The van der Waals surface area contributed by atoms with Gasteiger partial charge in [0.1, 0.15) is 26.2 Å². The zero-order valence-electron chi connectivity index (χ0n) is 14.5. The highest BCUT2D eigenvalue weighted by Crippen LogP contribution is 2.13. The van der Waals surface area contributed by atoms with Crippen LogP contribution in [0.3, 0.4) is 0 Å². The number of halogens is 2. The van der Waals surface area contributed by atoms with Gasteiger partial charge in [-0.25, -0.2) is 9.13 Å². The number of fused-ring (bicyclic) bond motifs is 1. The summed E-state index contributed by atoms with van der Waals surface area (Å²) in [6.07, 6.45) is 2.28. The molecule has 0 atom stereocenters. The minimum Gasteiger partial charge on any atom is -1.00 e. The van der Waals surface area contributed by atoms with E-state index in [4.69, 9.17) is 4.74 Å². The summed E-state index contributed by atoms with van der Waals surface area (Å²) in [4.78, 5) is 0. The first kappa shape index (κ1) is 24.0. The number of imidazole rings is 1. The number of rotatable bonds is 5. The molecule has 1 aliphatic rings. The van der Waals surface area contributed by atoms with Gasteiger partial charge in [0, 0.05) is 0 Å². The Balaban J connectivity index is 0.00000176. The maximum Gasteiger partial charge on any atom is 0.244 e. The largest absolute Gasteiger partial charge is 1.00 e. The first-order chi connectivity index (χ1) is 10.3. The van der Waals surface area contributed by atoms with Crippen LogP contribution in [0.4, 0.5) is 0 Å². The van der Waals surface area contributed by atoms with E-state index in [-0.39, 0.29) is 53.4 Å². The fourth-order valence-corrected chi connectivity index (χ4v) is 3.42. The average molecular weight is 561 g/mol. The summed E-state index contributed by atoms with van der Waals surface area (Å²) in [5.41, 5.74) is 2.69. The number of aryl methyl sites for hydroxylation is 1. The molecule has 2 aromatic rings. The van der Waals surface area contributed by atoms with Crippen molar-refractivity contribution in [1.82, 2.24) is 4.57 Å². The van der Waals surface area contributed by atoms with Crippen molar-refractivity contribution in [1.29, 1.82) is 0 Å². The number of likely N-dealkylation sites (N-methyl/N-ethyl adjacent to an activating group) is 1. The van der Waals surface area contributed by atoms with Gasteiger partial charge in [0.05, 0.1) is 26.3 Å². The minimum absolute atomic E-state index is 0. The first-order valence-electron chi connectivity index (χ1n) is 8.18. The molecule has 1 fully saturated rings. The van der Waals surface area contributed by atoms with Crippen molar-refractivity contribution in [2.24, 2.45) is 0 Å². The molecule has 2 heterocycles. The lowest BCUT2D eigenvalue weighted by molar-refractivity contribution is -0.947. The topological polar surface area (TPSA) is 49.5 Å². The number of quaternary nitrogens is 1. The molecule has 0 radical (unpaired) electrons. The molecule has 0 amide bonds. The van der Waals surface area contributed by atoms with Crippen LogP contribution in [0.25, 0.3) is 11.0 Å². The van der Waals surface area contributed by atoms with Gasteiger partial charge in [-0.15, -0.1) is 0 Å². The number of hydrogen-bond donors (Lipinski definition) is 0. The SMILES string of the molecule is CCn1c[n+](CC[N+]2(CC)CCOCC2)c2ccccc21.O.[I-].[I-]. The van der Waals surface area contributed by atoms with Gasteiger partial charge in [0.2, 0.25) is 6.33 Å². The van der Waals surface area contributed by atoms with E-state index in [0.717, 1.165) is 39.4 Å². The lowest BCUT2D eigenvalue weighted by Gasteiger charge is -2.40. The van der Waals surface area contributed by atoms with Crippen molar-refractivity contribution in [2.75, 3.05) is 39.4 Å². The molecule has 0 saturated carbocycles. The molecule has 0 spiro atoms. The highest BCUT2D eigenvalue weighted by Gasteiger charge is 2.29. The van der Waals surface area contributed by atoms with Crippen molar-refractivity contribution in [3.05, 3.63) is 30.6 Å². The van der Waals surface area contributed by atoms with Crippen molar-refractivity contribution >= 4 is 11.0 Å². The maximum absolute atomic E-state index is 5.54. The molecule has 5 nitrogen and oxygen atoms in total. The third kappa shape index (κ3) is 5.03. The predicted molar refractivity (Wildman–Crippen MR) is 87.6 cm³/mol. The lowest BCUT2D eigenvalue weighted by atomic mass is 10.2. The van der Waals surface area contributed by atoms with Crippen LogP contribution in [0.1, 0.15) is 13.8 Å². The Morgan fingerprint density at radius 2 is 1.79 bits per heavy atom. The van der Waals surface area contributed by atoms with Gasteiger partial charge in [-0.2, -0.15) is 0 Å². The summed E-state index contributed by atoms with van der Waals surface area (Å²) in [5.74, 6) is 0. The fraction of sp³-hybridized carbons (Fsp3) is 0.588. The molecular weight excluding hydrogens is 532 g/mol. The number of para-hydroxylation sites is 2. The Kier molecular flexibility index (Phi) is 10.9. The second kappa shape index (κ2) is 10.9. The second-order valence-corrected chi connectivity index (χ2v) is 6.02. The van der Waals surface area contributed by atoms with E-state index in [2.05, 4.69) is 53.6 Å². The Bertz CT molecular complexity index is 613. The van der Waals surface area contributed by atoms with Crippen LogP contribution in [0.15, 0.2) is 30.6 Å². The molecule has 1 aromatic heterocycles. The minimum atomic E-state index is 0. The van der Waals surface area contributed by atoms with E-state index < -0.39 is 0 Å². The van der Waals surface area contributed by atoms with Crippen LogP contribution in [-0.2, 0) is 17.8 Å². The summed E-state index contributed by atoms with van der Waals surface area (Å²) in [5, 5.41) is 0. The smallest absolute Gasteiger partial charge is 0.244 e. The normalized spacial score (nSPS) is 15.9. The number of ether oxygens (including phenoxy) is 1. The highest BCUT2D eigenvalue weighted by atomic mass is 127. The van der Waals surface area contributed by atoms with Crippen LogP contribution in [-0.4, -0.2) is 53.9 Å². The standard InChI is InChI=1S/C17H27N3O.2HI.H2O/c1-3-18-15-19(17-8-6-5-7-16(17)18)9-10-20(4-2)11-13-21-14-12-20;;;/h5-8,15H,3-4,9-14H2,1-2H3;2*1H;1H2/q+2;;;/p-2. The van der Waals surface area contributed by atoms with Crippen LogP contribution in [0.2, 0.25) is 0 Å². The van der Waals surface area contributed by atoms with Gasteiger partial charge < -0.3 is 62.6 Å². The van der Waals surface area contributed by atoms with Crippen LogP contribution in [0, 0.1) is 0 Å². The Labute approximate surface area is 178 Å². The van der Waals surface area contributed by atoms with E-state index in [1.165, 1.54) is 28.6 Å². The molecule has 1 saturated heterocycles. The predicted octanol–water partition coefficient (Wildman–Crippen LogP) is -5.00. The zero-order valence-corrected chi connectivity index (χ0v) is 18.9. The Morgan fingerprint density at radius 3 is 2.42 bits per heavy atom. The van der Waals surface area contributed by atoms with Gasteiger partial charge in [-0.3, -0.25) is 0 Å². The van der Waals surface area contributed by atoms with E-state index in [9.17, 15) is 0 Å². The summed E-state index contributed by atoms with van der Waals surface area (Å²) in [6.45, 7) is 13.2. The number of nitrogens with zero attached hydrogens (tertiary/aromatic N) is 3. The zero-order chi connectivity index (χ0) is 14.7. The Hall–Kier alpha value is 0.0300. The van der Waals surface area contributed by atoms with Crippen LogP contribution in [0.5, 0.6) is 0 Å². The third-order valence-electron chi connectivity index (χ3n) is 5.03.